The quantitative estimate of drug-likeness (QED) is 0.828. The van der Waals surface area contributed by atoms with Crippen molar-refractivity contribution in [2.24, 2.45) is 5.41 Å². The molecule has 1 N–H and O–H groups in total. The topological polar surface area (TPSA) is 59.1 Å². The zero-order valence-corrected chi connectivity index (χ0v) is 13.6. The van der Waals surface area contributed by atoms with E-state index in [9.17, 15) is 12.8 Å². The number of aromatic nitrogens is 1. The van der Waals surface area contributed by atoms with Crippen LogP contribution in [0.1, 0.15) is 27.2 Å². The van der Waals surface area contributed by atoms with Gasteiger partial charge in [0, 0.05) is 17.6 Å². The number of sulfonamides is 1. The fraction of sp³-hybridized carbons (Fsp3) is 0.583. The highest BCUT2D eigenvalue weighted by Gasteiger charge is 2.23. The summed E-state index contributed by atoms with van der Waals surface area (Å²) in [5.74, 6) is -0.850. The van der Waals surface area contributed by atoms with E-state index in [-0.39, 0.29) is 16.8 Å². The Kier molecular flexibility index (Phi) is 5.46. The molecule has 1 atom stereocenters. The summed E-state index contributed by atoms with van der Waals surface area (Å²) >= 11 is 3.42. The van der Waals surface area contributed by atoms with E-state index in [0.29, 0.717) is 0 Å². The van der Waals surface area contributed by atoms with Crippen molar-refractivity contribution in [3.8, 4) is 0 Å². The number of rotatable bonds is 5. The van der Waals surface area contributed by atoms with Crippen LogP contribution in [0.15, 0.2) is 23.4 Å². The third kappa shape index (κ3) is 5.54. The molecule has 1 unspecified atom stereocenters. The maximum atomic E-state index is 13.4. The van der Waals surface area contributed by atoms with Crippen LogP contribution < -0.4 is 4.72 Å². The molecule has 1 aromatic rings. The van der Waals surface area contributed by atoms with Gasteiger partial charge in [-0.25, -0.2) is 22.5 Å². The van der Waals surface area contributed by atoms with Gasteiger partial charge in [-0.1, -0.05) is 36.7 Å². The predicted octanol–water partition coefficient (Wildman–Crippen LogP) is 2.70. The highest BCUT2D eigenvalue weighted by Crippen LogP contribution is 2.24. The summed E-state index contributed by atoms with van der Waals surface area (Å²) in [6.07, 6.45) is 2.04. The lowest BCUT2D eigenvalue weighted by atomic mass is 9.91. The molecule has 108 valence electrons. The largest absolute Gasteiger partial charge is 0.261 e. The summed E-state index contributed by atoms with van der Waals surface area (Å²) < 4.78 is 39.5. The number of halogens is 2. The molecule has 19 heavy (non-hydrogen) atoms. The van der Waals surface area contributed by atoms with Gasteiger partial charge >= 0.3 is 0 Å². The molecule has 0 fully saturated rings. The van der Waals surface area contributed by atoms with Crippen molar-refractivity contribution in [1.29, 1.82) is 0 Å². The lowest BCUT2D eigenvalue weighted by Gasteiger charge is -2.22. The van der Waals surface area contributed by atoms with Crippen molar-refractivity contribution in [2.45, 2.75) is 37.0 Å². The van der Waals surface area contributed by atoms with Gasteiger partial charge in [-0.15, -0.1) is 0 Å². The Balaban J connectivity index is 2.70. The minimum Gasteiger partial charge on any atom is -0.241 e. The Labute approximate surface area is 122 Å². The summed E-state index contributed by atoms with van der Waals surface area (Å²) in [7, 11) is -3.91. The molecule has 0 saturated heterocycles. The van der Waals surface area contributed by atoms with Crippen LogP contribution in [0.2, 0.25) is 0 Å². The molecule has 0 aromatic carbocycles. The van der Waals surface area contributed by atoms with E-state index in [4.69, 9.17) is 0 Å². The molecule has 1 aromatic heterocycles. The smallest absolute Gasteiger partial charge is 0.241 e. The van der Waals surface area contributed by atoms with Gasteiger partial charge in [0.1, 0.15) is 0 Å². The molecule has 0 bridgehead atoms. The van der Waals surface area contributed by atoms with E-state index in [1.54, 1.807) is 0 Å². The van der Waals surface area contributed by atoms with Gasteiger partial charge in [-0.05, 0) is 24.0 Å². The number of alkyl halides is 1. The van der Waals surface area contributed by atoms with Crippen molar-refractivity contribution in [1.82, 2.24) is 9.71 Å². The second-order valence-corrected chi connectivity index (χ2v) is 8.48. The lowest BCUT2D eigenvalue weighted by Crippen LogP contribution is -2.32. The molecule has 0 aliphatic rings. The summed E-state index contributed by atoms with van der Waals surface area (Å²) in [5.41, 5.74) is 0.0792. The molecule has 0 spiro atoms. The SMILES string of the molecule is CC(C)(C)CC(Br)CNS(=O)(=O)c1ncccc1F. The van der Waals surface area contributed by atoms with E-state index < -0.39 is 20.9 Å². The average Bonchev–Trinajstić information content (AvgIpc) is 2.24. The molecular formula is C12H18BrFN2O2S. The average molecular weight is 353 g/mol. The Morgan fingerprint density at radius 3 is 2.63 bits per heavy atom. The van der Waals surface area contributed by atoms with Gasteiger partial charge in [0.25, 0.3) is 10.0 Å². The van der Waals surface area contributed by atoms with Crippen LogP contribution in [-0.4, -0.2) is 24.8 Å². The third-order valence-electron chi connectivity index (χ3n) is 2.31. The number of pyridine rings is 1. The Hall–Kier alpha value is -0.530. The first-order valence-electron chi connectivity index (χ1n) is 5.86. The van der Waals surface area contributed by atoms with Crippen molar-refractivity contribution in [3.05, 3.63) is 24.1 Å². The molecule has 0 aliphatic carbocycles. The number of nitrogens with zero attached hydrogens (tertiary/aromatic N) is 1. The van der Waals surface area contributed by atoms with Gasteiger partial charge in [-0.3, -0.25) is 0 Å². The van der Waals surface area contributed by atoms with Crippen LogP contribution in [0.25, 0.3) is 0 Å². The lowest BCUT2D eigenvalue weighted by molar-refractivity contribution is 0.373. The van der Waals surface area contributed by atoms with E-state index in [1.165, 1.54) is 12.3 Å². The van der Waals surface area contributed by atoms with Crippen LogP contribution in [-0.2, 0) is 10.0 Å². The molecule has 4 nitrogen and oxygen atoms in total. The van der Waals surface area contributed by atoms with Crippen LogP contribution >= 0.6 is 15.9 Å². The zero-order chi connectivity index (χ0) is 14.7. The molecule has 1 heterocycles. The van der Waals surface area contributed by atoms with E-state index in [0.717, 1.165) is 12.5 Å². The standard InChI is InChI=1S/C12H18BrFN2O2S/c1-12(2,3)7-9(13)8-16-19(17,18)11-10(14)5-4-6-15-11/h4-6,9,16H,7-8H2,1-3H3. The first kappa shape index (κ1) is 16.5. The third-order valence-corrected chi connectivity index (χ3v) is 4.31. The summed E-state index contributed by atoms with van der Waals surface area (Å²) in [4.78, 5) is 3.54. The maximum absolute atomic E-state index is 13.4. The summed E-state index contributed by atoms with van der Waals surface area (Å²) in [6, 6.07) is 2.42. The highest BCUT2D eigenvalue weighted by atomic mass is 79.9. The number of nitrogens with one attached hydrogen (secondary N) is 1. The van der Waals surface area contributed by atoms with Gasteiger partial charge < -0.3 is 0 Å². The zero-order valence-electron chi connectivity index (χ0n) is 11.2. The molecule has 7 heteroatoms. The Bertz CT molecular complexity index is 529. The first-order valence-corrected chi connectivity index (χ1v) is 8.26. The van der Waals surface area contributed by atoms with E-state index >= 15 is 0 Å². The van der Waals surface area contributed by atoms with Crippen molar-refractivity contribution >= 4 is 26.0 Å². The van der Waals surface area contributed by atoms with Gasteiger partial charge in [0.2, 0.25) is 5.03 Å². The monoisotopic (exact) mass is 352 g/mol. The van der Waals surface area contributed by atoms with Crippen molar-refractivity contribution < 1.29 is 12.8 Å². The normalized spacial score (nSPS) is 14.4. The van der Waals surface area contributed by atoms with Crippen LogP contribution in [0.4, 0.5) is 4.39 Å². The second-order valence-electron chi connectivity index (χ2n) is 5.50. The Morgan fingerprint density at radius 2 is 2.11 bits per heavy atom. The summed E-state index contributed by atoms with van der Waals surface area (Å²) in [5, 5.41) is -0.564. The minimum absolute atomic E-state index is 0.0194. The second kappa shape index (κ2) is 6.28. The maximum Gasteiger partial charge on any atom is 0.261 e. The number of hydrogen-bond donors (Lipinski definition) is 1. The first-order chi connectivity index (χ1) is 8.62. The van der Waals surface area contributed by atoms with E-state index in [2.05, 4.69) is 46.4 Å². The fourth-order valence-electron chi connectivity index (χ4n) is 1.57. The molecule has 0 amide bonds. The number of hydrogen-bond acceptors (Lipinski definition) is 3. The van der Waals surface area contributed by atoms with Crippen molar-refractivity contribution in [2.75, 3.05) is 6.54 Å². The molecule has 0 radical (unpaired) electrons. The van der Waals surface area contributed by atoms with Gasteiger partial charge in [0.15, 0.2) is 5.82 Å². The van der Waals surface area contributed by atoms with Gasteiger partial charge in [-0.2, -0.15) is 0 Å². The van der Waals surface area contributed by atoms with Crippen molar-refractivity contribution in [3.63, 3.8) is 0 Å². The van der Waals surface area contributed by atoms with Crippen LogP contribution in [0.3, 0.4) is 0 Å². The highest BCUT2D eigenvalue weighted by molar-refractivity contribution is 9.09. The Morgan fingerprint density at radius 1 is 1.47 bits per heavy atom. The predicted molar refractivity (Wildman–Crippen MR) is 76.2 cm³/mol. The van der Waals surface area contributed by atoms with Crippen LogP contribution in [0, 0.1) is 11.2 Å². The minimum atomic E-state index is -3.91. The molecule has 0 aliphatic heterocycles. The molecule has 0 saturated carbocycles. The van der Waals surface area contributed by atoms with E-state index in [1.807, 2.05) is 0 Å². The van der Waals surface area contributed by atoms with Gasteiger partial charge in [0.05, 0.1) is 0 Å². The van der Waals surface area contributed by atoms with Crippen LogP contribution in [0.5, 0.6) is 0 Å². The molecule has 1 rings (SSSR count). The fourth-order valence-corrected chi connectivity index (χ4v) is 4.00. The molecular weight excluding hydrogens is 335 g/mol. The summed E-state index contributed by atoms with van der Waals surface area (Å²) in [6.45, 7) is 6.38.